The number of nitrogen functional groups attached to an aromatic ring is 1. The number of nitrogens with one attached hydrogen (secondary N) is 1. The number of hydrogen-bond acceptors (Lipinski definition) is 4. The molecule has 21 heavy (non-hydrogen) atoms. The molecule has 1 aromatic heterocycles. The fourth-order valence-electron chi connectivity index (χ4n) is 2.39. The van der Waals surface area contributed by atoms with E-state index in [0.717, 1.165) is 27.9 Å². The lowest BCUT2D eigenvalue weighted by Crippen LogP contribution is -2.02. The van der Waals surface area contributed by atoms with Crippen molar-refractivity contribution in [3.8, 4) is 5.75 Å². The maximum atomic E-state index is 5.97. The van der Waals surface area contributed by atoms with E-state index >= 15 is 0 Å². The molecule has 0 spiro atoms. The standard InChI is InChI=1S/C17H17N3O/c1-21-16-8-3-2-5-12(16)11-20-15-9-10-19-17-13(15)6-4-7-14(17)18/h2-10H,11,18H2,1H3,(H,19,20). The SMILES string of the molecule is COc1ccccc1CNc1ccnc2c(N)cccc12. The fourth-order valence-corrected chi connectivity index (χ4v) is 2.39. The van der Waals surface area contributed by atoms with Gasteiger partial charge in [-0.2, -0.15) is 0 Å². The number of anilines is 2. The predicted molar refractivity (Wildman–Crippen MR) is 86.5 cm³/mol. The van der Waals surface area contributed by atoms with Crippen LogP contribution in [0.4, 0.5) is 11.4 Å². The number of para-hydroxylation sites is 2. The number of aromatic nitrogens is 1. The monoisotopic (exact) mass is 279 g/mol. The Balaban J connectivity index is 1.91. The number of ether oxygens (including phenoxy) is 1. The van der Waals surface area contributed by atoms with E-state index in [2.05, 4.69) is 10.3 Å². The molecule has 0 bridgehead atoms. The molecular weight excluding hydrogens is 262 g/mol. The molecule has 4 heteroatoms. The minimum absolute atomic E-state index is 0.678. The molecule has 0 saturated carbocycles. The minimum Gasteiger partial charge on any atom is -0.496 e. The van der Waals surface area contributed by atoms with Crippen LogP contribution in [0.15, 0.2) is 54.7 Å². The Kier molecular flexibility index (Phi) is 3.60. The molecule has 0 aliphatic heterocycles. The summed E-state index contributed by atoms with van der Waals surface area (Å²) < 4.78 is 5.37. The molecule has 0 aliphatic carbocycles. The highest BCUT2D eigenvalue weighted by Crippen LogP contribution is 2.26. The lowest BCUT2D eigenvalue weighted by atomic mass is 10.1. The van der Waals surface area contributed by atoms with E-state index in [9.17, 15) is 0 Å². The first-order valence-corrected chi connectivity index (χ1v) is 6.78. The molecule has 2 aromatic carbocycles. The second-order valence-electron chi connectivity index (χ2n) is 4.77. The molecule has 106 valence electrons. The highest BCUT2D eigenvalue weighted by atomic mass is 16.5. The number of hydrogen-bond donors (Lipinski definition) is 2. The number of rotatable bonds is 4. The van der Waals surface area contributed by atoms with Crippen molar-refractivity contribution in [1.29, 1.82) is 0 Å². The Morgan fingerprint density at radius 1 is 1.10 bits per heavy atom. The summed E-state index contributed by atoms with van der Waals surface area (Å²) in [6.07, 6.45) is 1.77. The second-order valence-corrected chi connectivity index (χ2v) is 4.77. The van der Waals surface area contributed by atoms with Crippen molar-refractivity contribution in [2.24, 2.45) is 0 Å². The van der Waals surface area contributed by atoms with Gasteiger partial charge in [0.2, 0.25) is 0 Å². The zero-order valence-corrected chi connectivity index (χ0v) is 11.8. The van der Waals surface area contributed by atoms with Crippen molar-refractivity contribution < 1.29 is 4.74 Å². The van der Waals surface area contributed by atoms with Crippen LogP contribution < -0.4 is 15.8 Å². The van der Waals surface area contributed by atoms with Crippen molar-refractivity contribution in [1.82, 2.24) is 4.98 Å². The summed E-state index contributed by atoms with van der Waals surface area (Å²) in [5.74, 6) is 0.878. The van der Waals surface area contributed by atoms with Gasteiger partial charge in [-0.15, -0.1) is 0 Å². The number of benzene rings is 2. The molecule has 0 amide bonds. The first-order valence-electron chi connectivity index (χ1n) is 6.78. The van der Waals surface area contributed by atoms with Crippen LogP contribution in [0.5, 0.6) is 5.75 Å². The van der Waals surface area contributed by atoms with Crippen molar-refractivity contribution in [3.05, 3.63) is 60.3 Å². The van der Waals surface area contributed by atoms with Gasteiger partial charge in [0, 0.05) is 29.4 Å². The van der Waals surface area contributed by atoms with Crippen LogP contribution >= 0.6 is 0 Å². The van der Waals surface area contributed by atoms with E-state index in [1.54, 1.807) is 13.3 Å². The molecule has 3 rings (SSSR count). The Morgan fingerprint density at radius 2 is 1.95 bits per heavy atom. The van der Waals surface area contributed by atoms with Crippen LogP contribution in [-0.4, -0.2) is 12.1 Å². The van der Waals surface area contributed by atoms with E-state index in [0.29, 0.717) is 12.2 Å². The molecule has 0 radical (unpaired) electrons. The number of nitrogens with zero attached hydrogens (tertiary/aromatic N) is 1. The van der Waals surface area contributed by atoms with E-state index < -0.39 is 0 Å². The van der Waals surface area contributed by atoms with Gasteiger partial charge in [-0.1, -0.05) is 30.3 Å². The van der Waals surface area contributed by atoms with Gasteiger partial charge in [0.05, 0.1) is 18.3 Å². The van der Waals surface area contributed by atoms with Gasteiger partial charge >= 0.3 is 0 Å². The third-order valence-electron chi connectivity index (χ3n) is 3.46. The van der Waals surface area contributed by atoms with Crippen molar-refractivity contribution in [2.45, 2.75) is 6.54 Å². The molecule has 0 atom stereocenters. The number of nitrogens with two attached hydrogens (primary N) is 1. The average Bonchev–Trinajstić information content (AvgIpc) is 2.53. The van der Waals surface area contributed by atoms with E-state index in [4.69, 9.17) is 10.5 Å². The molecule has 3 N–H and O–H groups in total. The zero-order chi connectivity index (χ0) is 14.7. The zero-order valence-electron chi connectivity index (χ0n) is 11.8. The first kappa shape index (κ1) is 13.2. The van der Waals surface area contributed by atoms with Crippen molar-refractivity contribution in [2.75, 3.05) is 18.2 Å². The third kappa shape index (κ3) is 2.60. The predicted octanol–water partition coefficient (Wildman–Crippen LogP) is 3.44. The highest BCUT2D eigenvalue weighted by molar-refractivity contribution is 5.97. The summed E-state index contributed by atoms with van der Waals surface area (Å²) in [5, 5.41) is 4.45. The lowest BCUT2D eigenvalue weighted by Gasteiger charge is -2.12. The van der Waals surface area contributed by atoms with Crippen molar-refractivity contribution in [3.63, 3.8) is 0 Å². The van der Waals surface area contributed by atoms with Crippen LogP contribution in [0, 0.1) is 0 Å². The second kappa shape index (κ2) is 5.71. The van der Waals surface area contributed by atoms with Gasteiger partial charge in [-0.05, 0) is 18.2 Å². The van der Waals surface area contributed by atoms with Crippen LogP contribution in [0.25, 0.3) is 10.9 Å². The largest absolute Gasteiger partial charge is 0.496 e. The molecule has 0 aliphatic rings. The summed E-state index contributed by atoms with van der Waals surface area (Å²) in [6, 6.07) is 15.7. The Labute approximate surface area is 123 Å². The van der Waals surface area contributed by atoms with Gasteiger partial charge in [0.1, 0.15) is 5.75 Å². The molecular formula is C17H17N3O. The summed E-state index contributed by atoms with van der Waals surface area (Å²) in [4.78, 5) is 4.34. The van der Waals surface area contributed by atoms with E-state index in [1.807, 2.05) is 48.5 Å². The summed E-state index contributed by atoms with van der Waals surface area (Å²) in [7, 11) is 1.68. The van der Waals surface area contributed by atoms with Gasteiger partial charge < -0.3 is 15.8 Å². The topological polar surface area (TPSA) is 60.2 Å². The van der Waals surface area contributed by atoms with Crippen LogP contribution in [0.1, 0.15) is 5.56 Å². The van der Waals surface area contributed by atoms with E-state index in [1.165, 1.54) is 0 Å². The molecule has 4 nitrogen and oxygen atoms in total. The molecule has 3 aromatic rings. The van der Waals surface area contributed by atoms with Gasteiger partial charge in [-0.25, -0.2) is 0 Å². The number of methoxy groups -OCH3 is 1. The average molecular weight is 279 g/mol. The molecule has 1 heterocycles. The van der Waals surface area contributed by atoms with Crippen molar-refractivity contribution >= 4 is 22.3 Å². The number of fused-ring (bicyclic) bond motifs is 1. The van der Waals surface area contributed by atoms with Gasteiger partial charge in [-0.3, -0.25) is 4.98 Å². The van der Waals surface area contributed by atoms with Gasteiger partial charge in [0.25, 0.3) is 0 Å². The highest BCUT2D eigenvalue weighted by Gasteiger charge is 2.06. The Hall–Kier alpha value is -2.75. The van der Waals surface area contributed by atoms with E-state index in [-0.39, 0.29) is 0 Å². The van der Waals surface area contributed by atoms with Crippen LogP contribution in [0.2, 0.25) is 0 Å². The quantitative estimate of drug-likeness (QED) is 0.718. The molecule has 0 unspecified atom stereocenters. The maximum absolute atomic E-state index is 5.97. The maximum Gasteiger partial charge on any atom is 0.123 e. The Bertz CT molecular complexity index is 771. The summed E-state index contributed by atoms with van der Waals surface area (Å²) in [5.41, 5.74) is 9.60. The lowest BCUT2D eigenvalue weighted by molar-refractivity contribution is 0.410. The number of pyridine rings is 1. The molecule has 0 saturated heterocycles. The van der Waals surface area contributed by atoms with Crippen LogP contribution in [-0.2, 0) is 6.54 Å². The normalized spacial score (nSPS) is 10.5. The third-order valence-corrected chi connectivity index (χ3v) is 3.46. The smallest absolute Gasteiger partial charge is 0.123 e. The minimum atomic E-state index is 0.678. The first-order chi connectivity index (χ1) is 10.3. The molecule has 0 fully saturated rings. The van der Waals surface area contributed by atoms with Crippen LogP contribution in [0.3, 0.4) is 0 Å². The van der Waals surface area contributed by atoms with Gasteiger partial charge in [0.15, 0.2) is 0 Å². The summed E-state index contributed by atoms with van der Waals surface area (Å²) in [6.45, 7) is 0.678. The summed E-state index contributed by atoms with van der Waals surface area (Å²) >= 11 is 0. The Morgan fingerprint density at radius 3 is 2.81 bits per heavy atom. The fraction of sp³-hybridized carbons (Fsp3) is 0.118.